The van der Waals surface area contributed by atoms with Gasteiger partial charge in [0, 0.05) is 17.2 Å². The Hall–Kier alpha value is -1.18. The van der Waals surface area contributed by atoms with Crippen molar-refractivity contribution >= 4 is 27.4 Å². The summed E-state index contributed by atoms with van der Waals surface area (Å²) in [5.74, 6) is 0. The first-order valence-electron chi connectivity index (χ1n) is 3.23. The average Bonchev–Trinajstić information content (AvgIpc) is 2.01. The zero-order valence-corrected chi connectivity index (χ0v) is 8.12. The van der Waals surface area contributed by atoms with E-state index in [0.717, 1.165) is 18.2 Å². The molecule has 0 heterocycles. The number of hydrogen-bond acceptors (Lipinski definition) is 4. The van der Waals surface area contributed by atoms with E-state index in [0.29, 0.717) is 0 Å². The molecule has 0 fully saturated rings. The third kappa shape index (κ3) is 2.41. The number of rotatable bonds is 2. The molecule has 0 spiro atoms. The molecule has 1 rings (SSSR count). The lowest BCUT2D eigenvalue weighted by Gasteiger charge is -1.97. The van der Waals surface area contributed by atoms with E-state index >= 15 is 0 Å². The quantitative estimate of drug-likeness (QED) is 0.477. The van der Waals surface area contributed by atoms with Crippen LogP contribution in [0.15, 0.2) is 23.1 Å². The number of halogens is 1. The van der Waals surface area contributed by atoms with Gasteiger partial charge in [-0.2, -0.15) is 8.42 Å². The lowest BCUT2D eigenvalue weighted by Crippen LogP contribution is -1.99. The number of benzene rings is 1. The zero-order chi connectivity index (χ0) is 10.9. The Labute approximate surface area is 84.0 Å². The normalized spacial score (nSPS) is 11.3. The molecule has 0 amide bonds. The zero-order valence-electron chi connectivity index (χ0n) is 6.55. The lowest BCUT2D eigenvalue weighted by molar-refractivity contribution is -0.385. The molecule has 0 saturated carbocycles. The fourth-order valence-electron chi connectivity index (χ4n) is 0.802. The summed E-state index contributed by atoms with van der Waals surface area (Å²) >= 11 is 5.42. The van der Waals surface area contributed by atoms with Crippen LogP contribution in [0.25, 0.3) is 0 Å². The van der Waals surface area contributed by atoms with Crippen LogP contribution < -0.4 is 0 Å². The molecule has 0 aliphatic carbocycles. The van der Waals surface area contributed by atoms with E-state index < -0.39 is 25.6 Å². The summed E-state index contributed by atoms with van der Waals surface area (Å²) in [6.07, 6.45) is 0. The largest absolute Gasteiger partial charge is 0.294 e. The molecular formula is C6H4ClNO5S. The third-order valence-corrected chi connectivity index (χ3v) is 2.41. The molecule has 0 aliphatic heterocycles. The van der Waals surface area contributed by atoms with Gasteiger partial charge in [0.25, 0.3) is 15.8 Å². The maximum atomic E-state index is 10.6. The molecule has 0 radical (unpaired) electrons. The van der Waals surface area contributed by atoms with Crippen molar-refractivity contribution in [3.05, 3.63) is 33.3 Å². The molecular weight excluding hydrogens is 234 g/mol. The molecule has 1 aromatic carbocycles. The predicted molar refractivity (Wildman–Crippen MR) is 47.9 cm³/mol. The molecule has 0 aromatic heterocycles. The Morgan fingerprint density at radius 2 is 1.93 bits per heavy atom. The fraction of sp³-hybridized carbons (Fsp3) is 0. The Balaban J connectivity index is 3.43. The molecule has 0 atom stereocenters. The summed E-state index contributed by atoms with van der Waals surface area (Å²) in [6, 6.07) is 2.63. The van der Waals surface area contributed by atoms with Crippen LogP contribution in [-0.4, -0.2) is 17.9 Å². The van der Waals surface area contributed by atoms with E-state index in [4.69, 9.17) is 16.2 Å². The highest BCUT2D eigenvalue weighted by Crippen LogP contribution is 2.23. The Morgan fingerprint density at radius 3 is 2.36 bits per heavy atom. The van der Waals surface area contributed by atoms with E-state index in [2.05, 4.69) is 0 Å². The van der Waals surface area contributed by atoms with Crippen molar-refractivity contribution < 1.29 is 17.9 Å². The van der Waals surface area contributed by atoms with Crippen LogP contribution in [0.4, 0.5) is 5.69 Å². The van der Waals surface area contributed by atoms with Gasteiger partial charge in [-0.1, -0.05) is 11.6 Å². The molecule has 1 N–H and O–H groups in total. The first-order valence-corrected chi connectivity index (χ1v) is 5.05. The van der Waals surface area contributed by atoms with E-state index in [9.17, 15) is 18.5 Å². The van der Waals surface area contributed by atoms with Gasteiger partial charge in [0.15, 0.2) is 0 Å². The third-order valence-electron chi connectivity index (χ3n) is 1.36. The summed E-state index contributed by atoms with van der Waals surface area (Å²) < 4.78 is 29.9. The number of nitro benzene ring substituents is 1. The molecule has 1 aromatic rings. The minimum absolute atomic E-state index is 0.133. The second-order valence-corrected chi connectivity index (χ2v) is 4.24. The fourth-order valence-corrected chi connectivity index (χ4v) is 1.64. The maximum Gasteiger partial charge on any atom is 0.294 e. The summed E-state index contributed by atoms with van der Waals surface area (Å²) in [5.41, 5.74) is -0.495. The smallest absolute Gasteiger partial charge is 0.282 e. The van der Waals surface area contributed by atoms with Crippen LogP contribution in [0.3, 0.4) is 0 Å². The summed E-state index contributed by atoms with van der Waals surface area (Å²) in [4.78, 5) is 8.90. The SMILES string of the molecule is O=[N+]([O-])c1cc(Cl)cc(S(=O)(=O)O)c1. The molecule has 0 unspecified atom stereocenters. The summed E-state index contributed by atoms with van der Waals surface area (Å²) in [7, 11) is -4.47. The Morgan fingerprint density at radius 1 is 1.36 bits per heavy atom. The van der Waals surface area contributed by atoms with E-state index in [1.165, 1.54) is 0 Å². The highest BCUT2D eigenvalue weighted by Gasteiger charge is 2.16. The monoisotopic (exact) mass is 237 g/mol. The second kappa shape index (κ2) is 3.52. The minimum atomic E-state index is -4.47. The van der Waals surface area contributed by atoms with E-state index in [-0.39, 0.29) is 5.02 Å². The standard InChI is InChI=1S/C6H4ClNO5S/c7-4-1-5(8(9)10)3-6(2-4)14(11,12)13/h1-3H,(H,11,12,13). The Kier molecular flexibility index (Phi) is 2.74. The molecule has 0 aliphatic rings. The predicted octanol–water partition coefficient (Wildman–Crippen LogP) is 1.49. The summed E-state index contributed by atoms with van der Waals surface area (Å²) in [6.45, 7) is 0. The molecule has 6 nitrogen and oxygen atoms in total. The lowest BCUT2D eigenvalue weighted by atomic mass is 10.3. The first kappa shape index (κ1) is 10.9. The first-order chi connectivity index (χ1) is 6.30. The van der Waals surface area contributed by atoms with Crippen LogP contribution in [0, 0.1) is 10.1 Å². The topological polar surface area (TPSA) is 97.5 Å². The number of nitro groups is 1. The van der Waals surface area contributed by atoms with Gasteiger partial charge in [-0.15, -0.1) is 0 Å². The van der Waals surface area contributed by atoms with Crippen LogP contribution in [0.5, 0.6) is 0 Å². The molecule has 8 heteroatoms. The highest BCUT2D eigenvalue weighted by molar-refractivity contribution is 7.85. The second-order valence-electron chi connectivity index (χ2n) is 2.38. The van der Waals surface area contributed by atoms with Crippen molar-refractivity contribution in [2.24, 2.45) is 0 Å². The van der Waals surface area contributed by atoms with Crippen molar-refractivity contribution in [1.82, 2.24) is 0 Å². The van der Waals surface area contributed by atoms with Gasteiger partial charge in [-0.3, -0.25) is 14.7 Å². The summed E-state index contributed by atoms with van der Waals surface area (Å²) in [5, 5.41) is 10.2. The van der Waals surface area contributed by atoms with Gasteiger partial charge >= 0.3 is 0 Å². The van der Waals surface area contributed by atoms with Gasteiger partial charge in [0.1, 0.15) is 4.90 Å². The van der Waals surface area contributed by atoms with Crippen molar-refractivity contribution in [2.75, 3.05) is 0 Å². The van der Waals surface area contributed by atoms with Crippen molar-refractivity contribution in [3.63, 3.8) is 0 Å². The van der Waals surface area contributed by atoms with Crippen molar-refractivity contribution in [2.45, 2.75) is 4.90 Å². The molecule has 14 heavy (non-hydrogen) atoms. The number of hydrogen-bond donors (Lipinski definition) is 1. The van der Waals surface area contributed by atoms with Crippen molar-refractivity contribution in [1.29, 1.82) is 0 Å². The van der Waals surface area contributed by atoms with Gasteiger partial charge in [0.05, 0.1) is 4.92 Å². The molecule has 0 saturated heterocycles. The number of nitrogens with zero attached hydrogens (tertiary/aromatic N) is 1. The molecule has 0 bridgehead atoms. The van der Waals surface area contributed by atoms with Crippen LogP contribution in [0.1, 0.15) is 0 Å². The van der Waals surface area contributed by atoms with Gasteiger partial charge in [0.2, 0.25) is 0 Å². The van der Waals surface area contributed by atoms with E-state index in [1.54, 1.807) is 0 Å². The van der Waals surface area contributed by atoms with Crippen molar-refractivity contribution in [3.8, 4) is 0 Å². The van der Waals surface area contributed by atoms with Crippen LogP contribution >= 0.6 is 11.6 Å². The van der Waals surface area contributed by atoms with Gasteiger partial charge < -0.3 is 0 Å². The number of non-ortho nitro benzene ring substituents is 1. The van der Waals surface area contributed by atoms with Crippen LogP contribution in [-0.2, 0) is 10.1 Å². The maximum absolute atomic E-state index is 10.6. The van der Waals surface area contributed by atoms with Gasteiger partial charge in [-0.05, 0) is 6.07 Å². The average molecular weight is 238 g/mol. The van der Waals surface area contributed by atoms with Gasteiger partial charge in [-0.25, -0.2) is 0 Å². The van der Waals surface area contributed by atoms with E-state index in [1.807, 2.05) is 0 Å². The Bertz CT molecular complexity index is 483. The minimum Gasteiger partial charge on any atom is -0.282 e. The molecule has 76 valence electrons. The van der Waals surface area contributed by atoms with Crippen LogP contribution in [0.2, 0.25) is 5.02 Å². The highest BCUT2D eigenvalue weighted by atomic mass is 35.5.